The average molecular weight is 291 g/mol. The highest BCUT2D eigenvalue weighted by atomic mass is 32.2. The second-order valence-electron chi connectivity index (χ2n) is 5.06. The number of fused-ring (bicyclic) bond motifs is 3. The molecule has 0 N–H and O–H groups in total. The number of ether oxygens (including phenoxy) is 1. The normalized spacial score (nSPS) is 29.9. The van der Waals surface area contributed by atoms with Crippen molar-refractivity contribution in [1.82, 2.24) is 4.90 Å². The number of β-lactam (4-membered cyclic amide) rings is 1. The number of nitrogens with zero attached hydrogens (tertiary/aromatic N) is 1. The van der Waals surface area contributed by atoms with Crippen LogP contribution >= 0.6 is 11.8 Å². The van der Waals surface area contributed by atoms with E-state index >= 15 is 0 Å². The van der Waals surface area contributed by atoms with E-state index in [0.29, 0.717) is 5.70 Å². The third-order valence-electron chi connectivity index (χ3n) is 4.09. The first-order valence-electron chi connectivity index (χ1n) is 6.79. The lowest BCUT2D eigenvalue weighted by Gasteiger charge is -2.41. The van der Waals surface area contributed by atoms with Gasteiger partial charge in [-0.15, -0.1) is 0 Å². The Morgan fingerprint density at radius 3 is 3.10 bits per heavy atom. The number of carbonyl (C=O) groups excluding carboxylic acids is 2. The first-order chi connectivity index (χ1) is 9.70. The van der Waals surface area contributed by atoms with Gasteiger partial charge in [-0.1, -0.05) is 18.7 Å². The van der Waals surface area contributed by atoms with Crippen LogP contribution in [-0.4, -0.2) is 40.9 Å². The predicted molar refractivity (Wildman–Crippen MR) is 78.0 cm³/mol. The number of allylic oxidation sites excluding steroid dienone is 1. The van der Waals surface area contributed by atoms with Gasteiger partial charge < -0.3 is 4.74 Å². The van der Waals surface area contributed by atoms with Crippen molar-refractivity contribution < 1.29 is 14.3 Å². The molecule has 106 valence electrons. The lowest BCUT2D eigenvalue weighted by molar-refractivity contribution is -0.145. The van der Waals surface area contributed by atoms with E-state index in [-0.39, 0.29) is 30.4 Å². The van der Waals surface area contributed by atoms with Gasteiger partial charge in [0.2, 0.25) is 0 Å². The lowest BCUT2D eigenvalue weighted by Crippen LogP contribution is -2.55. The van der Waals surface area contributed by atoms with Crippen molar-refractivity contribution >= 4 is 23.6 Å². The number of thioether (sulfide) groups is 1. The molecule has 3 aliphatic heterocycles. The summed E-state index contributed by atoms with van der Waals surface area (Å²) >= 11 is 1.89. The number of hydrogen-bond acceptors (Lipinski definition) is 4. The van der Waals surface area contributed by atoms with Crippen LogP contribution in [-0.2, 0) is 14.3 Å². The quantitative estimate of drug-likeness (QED) is 0.345. The zero-order valence-corrected chi connectivity index (χ0v) is 12.2. The molecule has 0 aromatic heterocycles. The third-order valence-corrected chi connectivity index (χ3v) is 5.17. The Morgan fingerprint density at radius 2 is 2.40 bits per heavy atom. The summed E-state index contributed by atoms with van der Waals surface area (Å²) in [6.45, 7) is 5.60. The lowest BCUT2D eigenvalue weighted by atomic mass is 9.84. The molecule has 5 heteroatoms. The molecule has 1 unspecified atom stereocenters. The zero-order chi connectivity index (χ0) is 14.3. The highest BCUT2D eigenvalue weighted by Crippen LogP contribution is 2.50. The molecule has 0 saturated carbocycles. The van der Waals surface area contributed by atoms with Gasteiger partial charge in [0.1, 0.15) is 12.3 Å². The third kappa shape index (κ3) is 1.76. The zero-order valence-electron chi connectivity index (χ0n) is 11.4. The maximum absolute atomic E-state index is 12.2. The van der Waals surface area contributed by atoms with Crippen LogP contribution in [0.4, 0.5) is 0 Å². The molecule has 3 rings (SSSR count). The van der Waals surface area contributed by atoms with Crippen LogP contribution in [0.25, 0.3) is 0 Å². The van der Waals surface area contributed by atoms with Crippen LogP contribution in [0.5, 0.6) is 0 Å². The van der Waals surface area contributed by atoms with E-state index < -0.39 is 0 Å². The number of carbonyl (C=O) groups is 2. The van der Waals surface area contributed by atoms with E-state index in [4.69, 9.17) is 4.74 Å². The Morgan fingerprint density at radius 1 is 1.60 bits per heavy atom. The van der Waals surface area contributed by atoms with Gasteiger partial charge in [-0.25, -0.2) is 4.79 Å². The van der Waals surface area contributed by atoms with E-state index in [1.807, 2.05) is 24.8 Å². The van der Waals surface area contributed by atoms with E-state index in [2.05, 4.69) is 6.58 Å². The van der Waals surface area contributed by atoms with Gasteiger partial charge in [0, 0.05) is 17.2 Å². The topological polar surface area (TPSA) is 46.6 Å². The molecular formula is C15H17NO3S. The van der Waals surface area contributed by atoms with Crippen molar-refractivity contribution in [3.05, 3.63) is 35.6 Å². The molecule has 3 aliphatic rings. The Labute approximate surface area is 122 Å². The predicted octanol–water partition coefficient (Wildman–Crippen LogP) is 1.89. The minimum atomic E-state index is -0.386. The van der Waals surface area contributed by atoms with Crippen LogP contribution in [0, 0.1) is 5.92 Å². The fourth-order valence-corrected chi connectivity index (χ4v) is 4.41. The highest BCUT2D eigenvalue weighted by molar-refractivity contribution is 7.99. The van der Waals surface area contributed by atoms with E-state index in [9.17, 15) is 9.59 Å². The summed E-state index contributed by atoms with van der Waals surface area (Å²) in [4.78, 5) is 26.1. The number of hydrogen-bond donors (Lipinski definition) is 0. The van der Waals surface area contributed by atoms with Crippen molar-refractivity contribution in [3.63, 3.8) is 0 Å². The molecule has 2 saturated heterocycles. The van der Waals surface area contributed by atoms with Gasteiger partial charge >= 0.3 is 5.97 Å². The molecule has 0 aromatic carbocycles. The van der Waals surface area contributed by atoms with Gasteiger partial charge in [0.15, 0.2) is 0 Å². The maximum atomic E-state index is 12.2. The van der Waals surface area contributed by atoms with Crippen LogP contribution in [0.2, 0.25) is 0 Å². The van der Waals surface area contributed by atoms with Gasteiger partial charge in [0.05, 0.1) is 6.04 Å². The summed E-state index contributed by atoms with van der Waals surface area (Å²) in [6.07, 6.45) is 4.28. The molecule has 0 radical (unpaired) electrons. The van der Waals surface area contributed by atoms with Crippen LogP contribution in [0.1, 0.15) is 13.3 Å². The van der Waals surface area contributed by atoms with Crippen LogP contribution in [0.3, 0.4) is 0 Å². The Hall–Kier alpha value is -1.49. The second kappa shape index (κ2) is 5.13. The van der Waals surface area contributed by atoms with Gasteiger partial charge in [-0.2, -0.15) is 11.8 Å². The molecule has 0 aromatic rings. The monoisotopic (exact) mass is 291 g/mol. The Balaban J connectivity index is 1.95. The first-order valence-corrected chi connectivity index (χ1v) is 7.94. The SMILES string of the molecule is C=CCOC(=O)C1=C2CCSCC2[C@@H]2C(=CC)C(=O)N12. The second-order valence-corrected chi connectivity index (χ2v) is 6.21. The summed E-state index contributed by atoms with van der Waals surface area (Å²) in [6, 6.07) is 0.0570. The maximum Gasteiger partial charge on any atom is 0.355 e. The van der Waals surface area contributed by atoms with Crippen molar-refractivity contribution in [2.45, 2.75) is 19.4 Å². The van der Waals surface area contributed by atoms with Crippen LogP contribution in [0.15, 0.2) is 35.6 Å². The molecule has 2 atom stereocenters. The number of esters is 1. The molecule has 0 spiro atoms. The van der Waals surface area contributed by atoms with E-state index in [1.54, 1.807) is 11.0 Å². The number of rotatable bonds is 3. The van der Waals surface area contributed by atoms with Crippen molar-refractivity contribution in [3.8, 4) is 0 Å². The summed E-state index contributed by atoms with van der Waals surface area (Å²) in [7, 11) is 0. The minimum absolute atomic E-state index is 0.0463. The van der Waals surface area contributed by atoms with Gasteiger partial charge in [0.25, 0.3) is 5.91 Å². The summed E-state index contributed by atoms with van der Waals surface area (Å²) < 4.78 is 5.16. The summed E-state index contributed by atoms with van der Waals surface area (Å²) in [5.74, 6) is 1.82. The van der Waals surface area contributed by atoms with Crippen molar-refractivity contribution in [1.29, 1.82) is 0 Å². The molecule has 20 heavy (non-hydrogen) atoms. The van der Waals surface area contributed by atoms with Crippen molar-refractivity contribution in [2.75, 3.05) is 18.1 Å². The number of amides is 1. The van der Waals surface area contributed by atoms with Crippen LogP contribution < -0.4 is 0 Å². The molecule has 4 nitrogen and oxygen atoms in total. The molecule has 2 fully saturated rings. The Bertz CT molecular complexity index is 549. The standard InChI is InChI=1S/C15H17NO3S/c1-3-6-19-15(18)13-10-5-7-20-8-11(10)12-9(4-2)14(17)16(12)13/h3-4,11-12H,1,5-8H2,2H3/t11?,12-/m0/s1. The molecule has 0 aliphatic carbocycles. The minimum Gasteiger partial charge on any atom is -0.457 e. The largest absolute Gasteiger partial charge is 0.457 e. The van der Waals surface area contributed by atoms with Gasteiger partial charge in [-0.3, -0.25) is 9.69 Å². The summed E-state index contributed by atoms with van der Waals surface area (Å²) in [5.41, 5.74) is 2.44. The molecular weight excluding hydrogens is 274 g/mol. The van der Waals surface area contributed by atoms with E-state index in [0.717, 1.165) is 29.1 Å². The Kier molecular flexibility index (Phi) is 3.46. The molecule has 1 amide bonds. The van der Waals surface area contributed by atoms with E-state index in [1.165, 1.54) is 0 Å². The fraction of sp³-hybridized carbons (Fsp3) is 0.467. The van der Waals surface area contributed by atoms with Gasteiger partial charge in [-0.05, 0) is 24.7 Å². The first kappa shape index (κ1) is 13.5. The van der Waals surface area contributed by atoms with Crippen molar-refractivity contribution in [2.24, 2.45) is 5.92 Å². The summed E-state index contributed by atoms with van der Waals surface area (Å²) in [5, 5.41) is 0. The highest BCUT2D eigenvalue weighted by Gasteiger charge is 2.56. The fourth-order valence-electron chi connectivity index (χ4n) is 3.24. The smallest absolute Gasteiger partial charge is 0.355 e. The molecule has 3 heterocycles. The molecule has 0 bridgehead atoms. The average Bonchev–Trinajstić information content (AvgIpc) is 2.77.